The summed E-state index contributed by atoms with van der Waals surface area (Å²) in [6.45, 7) is 4.14. The van der Waals surface area contributed by atoms with Crippen molar-refractivity contribution in [2.75, 3.05) is 0 Å². The van der Waals surface area contributed by atoms with Crippen LogP contribution in [0.25, 0.3) is 0 Å². The van der Waals surface area contributed by atoms with Crippen LogP contribution < -0.4 is 5.32 Å². The third kappa shape index (κ3) is 2.38. The molecule has 1 aromatic carbocycles. The Morgan fingerprint density at radius 2 is 2.17 bits per heavy atom. The number of halogens is 1. The number of nitro benzene ring substituents is 1. The van der Waals surface area contributed by atoms with Gasteiger partial charge in [-0.2, -0.15) is 0 Å². The smallest absolute Gasteiger partial charge is 0.284 e. The zero-order valence-electron chi connectivity index (χ0n) is 10.1. The molecular weight excluding hydrogens is 300 g/mol. The van der Waals surface area contributed by atoms with Crippen LogP contribution in [0.2, 0.25) is 0 Å². The normalized spacial score (nSPS) is 20.3. The van der Waals surface area contributed by atoms with E-state index in [0.717, 1.165) is 6.42 Å². The molecule has 1 atom stereocenters. The molecule has 0 aliphatic heterocycles. The molecule has 2 rings (SSSR count). The van der Waals surface area contributed by atoms with Crippen LogP contribution in [0.1, 0.15) is 30.6 Å². The number of carbonyl (C=O) groups is 1. The molecule has 1 amide bonds. The first-order valence-corrected chi connectivity index (χ1v) is 6.36. The lowest BCUT2D eigenvalue weighted by Gasteiger charge is -2.08. The Morgan fingerprint density at radius 3 is 2.67 bits per heavy atom. The summed E-state index contributed by atoms with van der Waals surface area (Å²) < 4.78 is 0.228. The first-order valence-electron chi connectivity index (χ1n) is 5.57. The largest absolute Gasteiger partial charge is 0.349 e. The number of nitrogens with zero attached hydrogens (tertiary/aromatic N) is 1. The number of carbonyl (C=O) groups excluding carboxylic acids is 1. The molecule has 1 aliphatic rings. The quantitative estimate of drug-likeness (QED) is 0.689. The van der Waals surface area contributed by atoms with E-state index >= 15 is 0 Å². The van der Waals surface area contributed by atoms with Crippen LogP contribution in [0, 0.1) is 15.5 Å². The van der Waals surface area contributed by atoms with Gasteiger partial charge in [0.2, 0.25) is 0 Å². The Labute approximate surface area is 113 Å². The molecule has 0 aromatic heterocycles. The highest BCUT2D eigenvalue weighted by atomic mass is 79.9. The van der Waals surface area contributed by atoms with Gasteiger partial charge in [0.15, 0.2) is 0 Å². The van der Waals surface area contributed by atoms with E-state index in [9.17, 15) is 14.9 Å². The zero-order chi connectivity index (χ0) is 13.5. The lowest BCUT2D eigenvalue weighted by molar-refractivity contribution is -0.385. The van der Waals surface area contributed by atoms with E-state index < -0.39 is 4.92 Å². The van der Waals surface area contributed by atoms with Crippen LogP contribution in [0.4, 0.5) is 5.69 Å². The van der Waals surface area contributed by atoms with Gasteiger partial charge in [0.1, 0.15) is 4.47 Å². The van der Waals surface area contributed by atoms with Crippen molar-refractivity contribution in [3.63, 3.8) is 0 Å². The number of hydrogen-bond acceptors (Lipinski definition) is 3. The Hall–Kier alpha value is -1.43. The number of amides is 1. The monoisotopic (exact) mass is 312 g/mol. The highest BCUT2D eigenvalue weighted by Crippen LogP contribution is 2.44. The highest BCUT2D eigenvalue weighted by molar-refractivity contribution is 9.10. The minimum Gasteiger partial charge on any atom is -0.349 e. The maximum absolute atomic E-state index is 12.0. The highest BCUT2D eigenvalue weighted by Gasteiger charge is 2.46. The summed E-state index contributed by atoms with van der Waals surface area (Å²) in [5.41, 5.74) is 0.327. The molecule has 5 nitrogen and oxygen atoms in total. The fourth-order valence-corrected chi connectivity index (χ4v) is 2.37. The maximum atomic E-state index is 12.0. The van der Waals surface area contributed by atoms with Crippen molar-refractivity contribution in [1.29, 1.82) is 0 Å². The second-order valence-corrected chi connectivity index (χ2v) is 5.91. The molecule has 1 fully saturated rings. The van der Waals surface area contributed by atoms with Gasteiger partial charge < -0.3 is 5.32 Å². The van der Waals surface area contributed by atoms with Gasteiger partial charge in [0, 0.05) is 12.1 Å². The zero-order valence-corrected chi connectivity index (χ0v) is 11.7. The van der Waals surface area contributed by atoms with Crippen molar-refractivity contribution in [2.45, 2.75) is 26.3 Å². The van der Waals surface area contributed by atoms with Gasteiger partial charge in [-0.1, -0.05) is 19.9 Å². The number of nitro groups is 1. The summed E-state index contributed by atoms with van der Waals surface area (Å²) in [6.07, 6.45) is 0.936. The Kier molecular flexibility index (Phi) is 3.14. The second kappa shape index (κ2) is 4.35. The van der Waals surface area contributed by atoms with E-state index in [1.165, 1.54) is 12.1 Å². The minimum absolute atomic E-state index is 0.0993. The second-order valence-electron chi connectivity index (χ2n) is 5.11. The van der Waals surface area contributed by atoms with Crippen molar-refractivity contribution in [2.24, 2.45) is 5.41 Å². The third-order valence-corrected chi connectivity index (χ3v) is 4.07. The standard InChI is InChI=1S/C12H13BrN2O3/c1-12(2)6-9(12)14-11(16)7-4-3-5-8(10(7)13)15(17)18/h3-5,9H,6H2,1-2H3,(H,14,16). The van der Waals surface area contributed by atoms with Crippen LogP contribution in [-0.4, -0.2) is 16.9 Å². The van der Waals surface area contributed by atoms with Gasteiger partial charge in [-0.15, -0.1) is 0 Å². The summed E-state index contributed by atoms with van der Waals surface area (Å²) >= 11 is 3.12. The molecule has 0 saturated heterocycles. The van der Waals surface area contributed by atoms with Crippen molar-refractivity contribution >= 4 is 27.5 Å². The Bertz CT molecular complexity index is 528. The van der Waals surface area contributed by atoms with Crippen molar-refractivity contribution in [1.82, 2.24) is 5.32 Å². The molecule has 1 unspecified atom stereocenters. The third-order valence-electron chi connectivity index (χ3n) is 3.24. The van der Waals surface area contributed by atoms with Crippen LogP contribution in [-0.2, 0) is 0 Å². The molecule has 18 heavy (non-hydrogen) atoms. The van der Waals surface area contributed by atoms with E-state index in [0.29, 0.717) is 5.56 Å². The fourth-order valence-electron chi connectivity index (χ4n) is 1.79. The summed E-state index contributed by atoms with van der Waals surface area (Å²) in [5.74, 6) is -0.277. The Morgan fingerprint density at radius 1 is 1.56 bits per heavy atom. The molecule has 0 bridgehead atoms. The van der Waals surface area contributed by atoms with Crippen molar-refractivity contribution in [3.8, 4) is 0 Å². The molecule has 6 heteroatoms. The van der Waals surface area contributed by atoms with E-state index in [1.807, 2.05) is 0 Å². The van der Waals surface area contributed by atoms with Crippen molar-refractivity contribution in [3.05, 3.63) is 38.3 Å². The number of benzene rings is 1. The predicted octanol–water partition coefficient (Wildman–Crippen LogP) is 2.89. The Balaban J connectivity index is 2.21. The summed E-state index contributed by atoms with van der Waals surface area (Å²) in [5, 5.41) is 13.7. The van der Waals surface area contributed by atoms with Crippen LogP contribution in [0.15, 0.2) is 22.7 Å². The van der Waals surface area contributed by atoms with Crippen LogP contribution in [0.5, 0.6) is 0 Å². The van der Waals surface area contributed by atoms with Crippen LogP contribution in [0.3, 0.4) is 0 Å². The van der Waals surface area contributed by atoms with Crippen molar-refractivity contribution < 1.29 is 9.72 Å². The number of hydrogen-bond donors (Lipinski definition) is 1. The molecule has 0 spiro atoms. The molecule has 1 aromatic rings. The van der Waals surface area contributed by atoms with Gasteiger partial charge in [0.05, 0.1) is 10.5 Å². The molecular formula is C12H13BrN2O3. The van der Waals surface area contributed by atoms with Gasteiger partial charge >= 0.3 is 0 Å². The van der Waals surface area contributed by atoms with E-state index in [-0.39, 0.29) is 27.5 Å². The fraction of sp³-hybridized carbons (Fsp3) is 0.417. The average Bonchev–Trinajstić information content (AvgIpc) is 2.85. The van der Waals surface area contributed by atoms with Gasteiger partial charge in [0.25, 0.3) is 11.6 Å². The summed E-state index contributed by atoms with van der Waals surface area (Å²) in [4.78, 5) is 22.3. The van der Waals surface area contributed by atoms with Gasteiger partial charge in [-0.25, -0.2) is 0 Å². The molecule has 1 aliphatic carbocycles. The lowest BCUT2D eigenvalue weighted by atomic mass is 10.1. The molecule has 0 radical (unpaired) electrons. The number of rotatable bonds is 3. The number of nitrogens with one attached hydrogen (secondary N) is 1. The van der Waals surface area contributed by atoms with E-state index in [4.69, 9.17) is 0 Å². The lowest BCUT2D eigenvalue weighted by Crippen LogP contribution is -2.28. The minimum atomic E-state index is -0.512. The first kappa shape index (κ1) is 13.0. The van der Waals surface area contributed by atoms with E-state index in [1.54, 1.807) is 6.07 Å². The average molecular weight is 313 g/mol. The predicted molar refractivity (Wildman–Crippen MR) is 70.4 cm³/mol. The van der Waals surface area contributed by atoms with E-state index in [2.05, 4.69) is 35.1 Å². The van der Waals surface area contributed by atoms with Gasteiger partial charge in [-0.3, -0.25) is 14.9 Å². The SMILES string of the molecule is CC1(C)CC1NC(=O)c1cccc([N+](=O)[O-])c1Br. The molecule has 1 saturated carbocycles. The van der Waals surface area contributed by atoms with Crippen LogP contribution >= 0.6 is 15.9 Å². The molecule has 1 N–H and O–H groups in total. The first-order chi connectivity index (χ1) is 8.33. The topological polar surface area (TPSA) is 72.2 Å². The molecule has 0 heterocycles. The maximum Gasteiger partial charge on any atom is 0.284 e. The summed E-state index contributed by atoms with van der Waals surface area (Å²) in [7, 11) is 0. The molecule has 96 valence electrons. The van der Waals surface area contributed by atoms with Gasteiger partial charge in [-0.05, 0) is 33.8 Å². The summed E-state index contributed by atoms with van der Waals surface area (Å²) in [6, 6.07) is 4.59.